The van der Waals surface area contributed by atoms with Crippen molar-refractivity contribution in [1.29, 1.82) is 0 Å². The molecule has 1 aromatic carbocycles. The molecule has 2 heteroatoms. The first-order valence-electron chi connectivity index (χ1n) is 6.98. The monoisotopic (exact) mass is 247 g/mol. The largest absolute Gasteiger partial charge is 0.378 e. The van der Waals surface area contributed by atoms with Gasteiger partial charge in [0.1, 0.15) is 0 Å². The molecule has 0 saturated carbocycles. The van der Waals surface area contributed by atoms with Crippen molar-refractivity contribution in [3.63, 3.8) is 0 Å². The molecule has 0 aliphatic carbocycles. The van der Waals surface area contributed by atoms with Gasteiger partial charge in [0.2, 0.25) is 0 Å². The molecule has 2 unspecified atom stereocenters. The predicted molar refractivity (Wildman–Crippen MR) is 75.9 cm³/mol. The Balaban J connectivity index is 1.89. The lowest BCUT2D eigenvalue weighted by Gasteiger charge is -2.32. The number of rotatable bonds is 4. The summed E-state index contributed by atoms with van der Waals surface area (Å²) in [5, 5.41) is 3.71. The summed E-state index contributed by atoms with van der Waals surface area (Å²) in [7, 11) is 0. The van der Waals surface area contributed by atoms with Crippen LogP contribution in [0.1, 0.15) is 39.2 Å². The number of hydrogen-bond donors (Lipinski definition) is 1. The first-order chi connectivity index (χ1) is 8.58. The van der Waals surface area contributed by atoms with Crippen LogP contribution in [0.2, 0.25) is 0 Å². The Labute approximate surface area is 111 Å². The second kappa shape index (κ2) is 5.85. The first kappa shape index (κ1) is 13.6. The fourth-order valence-corrected chi connectivity index (χ4v) is 2.57. The van der Waals surface area contributed by atoms with Crippen LogP contribution in [0.25, 0.3) is 0 Å². The molecule has 1 aliphatic rings. The van der Waals surface area contributed by atoms with Crippen LogP contribution < -0.4 is 5.32 Å². The van der Waals surface area contributed by atoms with Gasteiger partial charge in [-0.2, -0.15) is 0 Å². The zero-order valence-corrected chi connectivity index (χ0v) is 11.8. The number of nitrogens with one attached hydrogen (secondary N) is 1. The lowest BCUT2D eigenvalue weighted by atomic mass is 9.84. The second-order valence-corrected chi connectivity index (χ2v) is 6.03. The smallest absolute Gasteiger partial charge is 0.0561 e. The molecule has 18 heavy (non-hydrogen) atoms. The Bertz CT molecular complexity index is 361. The van der Waals surface area contributed by atoms with Gasteiger partial charge in [0.25, 0.3) is 0 Å². The van der Waals surface area contributed by atoms with Crippen LogP contribution >= 0.6 is 0 Å². The van der Waals surface area contributed by atoms with Crippen LogP contribution in [-0.2, 0) is 10.2 Å². The average Bonchev–Trinajstić information content (AvgIpc) is 2.38. The third-order valence-electron chi connectivity index (χ3n) is 3.87. The highest BCUT2D eigenvalue weighted by Crippen LogP contribution is 2.23. The van der Waals surface area contributed by atoms with Gasteiger partial charge in [-0.15, -0.1) is 0 Å². The highest BCUT2D eigenvalue weighted by molar-refractivity contribution is 5.23. The van der Waals surface area contributed by atoms with Gasteiger partial charge in [-0.25, -0.2) is 0 Å². The Morgan fingerprint density at radius 3 is 2.67 bits per heavy atom. The van der Waals surface area contributed by atoms with Crippen molar-refractivity contribution in [3.8, 4) is 0 Å². The summed E-state index contributed by atoms with van der Waals surface area (Å²) in [6.45, 7) is 8.69. The topological polar surface area (TPSA) is 21.3 Å². The maximum atomic E-state index is 5.58. The number of ether oxygens (including phenoxy) is 1. The quantitative estimate of drug-likeness (QED) is 0.882. The molecular weight excluding hydrogens is 222 g/mol. The van der Waals surface area contributed by atoms with Gasteiger partial charge >= 0.3 is 0 Å². The van der Waals surface area contributed by atoms with Gasteiger partial charge in [-0.3, -0.25) is 0 Å². The molecule has 100 valence electrons. The molecule has 2 atom stereocenters. The SMILES string of the molecule is CC1CC(NCC(C)(C)c2ccccc2)CCO1. The third-order valence-corrected chi connectivity index (χ3v) is 3.87. The van der Waals surface area contributed by atoms with E-state index in [4.69, 9.17) is 4.74 Å². The first-order valence-corrected chi connectivity index (χ1v) is 6.98. The molecular formula is C16H25NO. The molecule has 2 nitrogen and oxygen atoms in total. The molecule has 1 heterocycles. The second-order valence-electron chi connectivity index (χ2n) is 6.03. The Morgan fingerprint density at radius 2 is 2.00 bits per heavy atom. The molecule has 0 amide bonds. The summed E-state index contributed by atoms with van der Waals surface area (Å²) in [6.07, 6.45) is 2.66. The zero-order valence-electron chi connectivity index (χ0n) is 11.8. The average molecular weight is 247 g/mol. The van der Waals surface area contributed by atoms with Crippen molar-refractivity contribution in [2.75, 3.05) is 13.2 Å². The highest BCUT2D eigenvalue weighted by Gasteiger charge is 2.24. The van der Waals surface area contributed by atoms with Gasteiger partial charge in [0, 0.05) is 24.6 Å². The van der Waals surface area contributed by atoms with Crippen molar-refractivity contribution >= 4 is 0 Å². The van der Waals surface area contributed by atoms with Gasteiger partial charge in [-0.05, 0) is 25.3 Å². The molecule has 2 rings (SSSR count). The van der Waals surface area contributed by atoms with E-state index in [1.807, 2.05) is 0 Å². The predicted octanol–water partition coefficient (Wildman–Crippen LogP) is 3.12. The maximum absolute atomic E-state index is 5.58. The van der Waals surface area contributed by atoms with E-state index in [9.17, 15) is 0 Å². The molecule has 1 saturated heterocycles. The summed E-state index contributed by atoms with van der Waals surface area (Å²) in [5.74, 6) is 0. The van der Waals surface area contributed by atoms with E-state index in [1.54, 1.807) is 0 Å². The van der Waals surface area contributed by atoms with E-state index >= 15 is 0 Å². The standard InChI is InChI=1S/C16H25NO/c1-13-11-15(9-10-18-13)17-12-16(2,3)14-7-5-4-6-8-14/h4-8,13,15,17H,9-12H2,1-3H3. The summed E-state index contributed by atoms with van der Waals surface area (Å²) in [5.41, 5.74) is 1.58. The van der Waals surface area contributed by atoms with Crippen molar-refractivity contribution in [1.82, 2.24) is 5.32 Å². The summed E-state index contributed by atoms with van der Waals surface area (Å²) in [6, 6.07) is 11.4. The van der Waals surface area contributed by atoms with E-state index in [1.165, 1.54) is 5.56 Å². The molecule has 0 aromatic heterocycles. The van der Waals surface area contributed by atoms with E-state index in [0.717, 1.165) is 26.0 Å². The van der Waals surface area contributed by atoms with Crippen LogP contribution in [0.4, 0.5) is 0 Å². The summed E-state index contributed by atoms with van der Waals surface area (Å²) < 4.78 is 5.58. The van der Waals surface area contributed by atoms with Crippen molar-refractivity contribution in [2.24, 2.45) is 0 Å². The molecule has 0 bridgehead atoms. The van der Waals surface area contributed by atoms with E-state index in [2.05, 4.69) is 56.4 Å². The Morgan fingerprint density at radius 1 is 1.28 bits per heavy atom. The number of hydrogen-bond acceptors (Lipinski definition) is 2. The normalized spacial score (nSPS) is 25.1. The number of benzene rings is 1. The van der Waals surface area contributed by atoms with Crippen molar-refractivity contribution < 1.29 is 4.74 Å². The maximum Gasteiger partial charge on any atom is 0.0561 e. The Hall–Kier alpha value is -0.860. The third kappa shape index (κ3) is 3.56. The lowest BCUT2D eigenvalue weighted by molar-refractivity contribution is 0.0126. The fourth-order valence-electron chi connectivity index (χ4n) is 2.57. The highest BCUT2D eigenvalue weighted by atomic mass is 16.5. The van der Waals surface area contributed by atoms with E-state index in [0.29, 0.717) is 12.1 Å². The zero-order chi connectivity index (χ0) is 13.0. The van der Waals surface area contributed by atoms with Gasteiger partial charge in [0.05, 0.1) is 6.10 Å². The van der Waals surface area contributed by atoms with Crippen LogP contribution in [0.15, 0.2) is 30.3 Å². The van der Waals surface area contributed by atoms with Gasteiger partial charge in [-0.1, -0.05) is 44.2 Å². The minimum atomic E-state index is 0.183. The van der Waals surface area contributed by atoms with E-state index in [-0.39, 0.29) is 5.41 Å². The van der Waals surface area contributed by atoms with Gasteiger partial charge < -0.3 is 10.1 Å². The van der Waals surface area contributed by atoms with Crippen LogP contribution in [0.3, 0.4) is 0 Å². The molecule has 1 fully saturated rings. The van der Waals surface area contributed by atoms with Crippen LogP contribution in [-0.4, -0.2) is 25.3 Å². The van der Waals surface area contributed by atoms with E-state index < -0.39 is 0 Å². The molecule has 0 radical (unpaired) electrons. The minimum Gasteiger partial charge on any atom is -0.378 e. The Kier molecular flexibility index (Phi) is 4.41. The summed E-state index contributed by atoms with van der Waals surface area (Å²) >= 11 is 0. The summed E-state index contributed by atoms with van der Waals surface area (Å²) in [4.78, 5) is 0. The lowest BCUT2D eigenvalue weighted by Crippen LogP contribution is -2.43. The minimum absolute atomic E-state index is 0.183. The van der Waals surface area contributed by atoms with Crippen molar-refractivity contribution in [3.05, 3.63) is 35.9 Å². The molecule has 1 N–H and O–H groups in total. The van der Waals surface area contributed by atoms with Crippen LogP contribution in [0, 0.1) is 0 Å². The molecule has 0 spiro atoms. The molecule has 1 aliphatic heterocycles. The fraction of sp³-hybridized carbons (Fsp3) is 0.625. The van der Waals surface area contributed by atoms with Crippen LogP contribution in [0.5, 0.6) is 0 Å². The van der Waals surface area contributed by atoms with Gasteiger partial charge in [0.15, 0.2) is 0 Å². The molecule has 1 aromatic rings. The van der Waals surface area contributed by atoms with Crippen molar-refractivity contribution in [2.45, 2.75) is 51.2 Å².